The first kappa shape index (κ1) is 18.7. The Morgan fingerprint density at radius 1 is 1.14 bits per heavy atom. The molecule has 1 amide bonds. The van der Waals surface area contributed by atoms with Gasteiger partial charge in [-0.15, -0.1) is 10.2 Å². The first-order chi connectivity index (χ1) is 13.6. The van der Waals surface area contributed by atoms with Gasteiger partial charge in [-0.25, -0.2) is 4.39 Å². The van der Waals surface area contributed by atoms with Crippen molar-refractivity contribution in [3.8, 4) is 11.4 Å². The summed E-state index contributed by atoms with van der Waals surface area (Å²) in [5.74, 6) is 0.615. The standard InChI is InChI=1S/C21H21FN4OS/c1-26-19(15-7-9-17(22)10-8-15)24-25-20(26)28-13-18(27)23-14-21(11-12-21)16-5-3-2-4-6-16/h2-10H,11-14H2,1H3,(H,23,27). The van der Waals surface area contributed by atoms with Crippen LogP contribution in [0.2, 0.25) is 0 Å². The van der Waals surface area contributed by atoms with Crippen molar-refractivity contribution in [3.05, 3.63) is 66.0 Å². The van der Waals surface area contributed by atoms with E-state index >= 15 is 0 Å². The first-order valence-corrected chi connectivity index (χ1v) is 10.2. The number of hydrogen-bond acceptors (Lipinski definition) is 4. The van der Waals surface area contributed by atoms with Crippen molar-refractivity contribution in [2.75, 3.05) is 12.3 Å². The van der Waals surface area contributed by atoms with Crippen molar-refractivity contribution in [1.29, 1.82) is 0 Å². The molecule has 1 aliphatic carbocycles. The van der Waals surface area contributed by atoms with E-state index in [1.165, 1.54) is 29.5 Å². The second-order valence-electron chi connectivity index (χ2n) is 7.08. The summed E-state index contributed by atoms with van der Waals surface area (Å²) in [7, 11) is 1.84. The minimum Gasteiger partial charge on any atom is -0.354 e. The quantitative estimate of drug-likeness (QED) is 0.621. The molecule has 1 aliphatic rings. The van der Waals surface area contributed by atoms with E-state index in [4.69, 9.17) is 0 Å². The zero-order valence-corrected chi connectivity index (χ0v) is 16.4. The predicted molar refractivity (Wildman–Crippen MR) is 107 cm³/mol. The molecule has 7 heteroatoms. The van der Waals surface area contributed by atoms with Gasteiger partial charge in [0.05, 0.1) is 5.75 Å². The molecule has 28 heavy (non-hydrogen) atoms. The zero-order chi connectivity index (χ0) is 19.6. The number of nitrogens with one attached hydrogen (secondary N) is 1. The van der Waals surface area contributed by atoms with Crippen molar-refractivity contribution in [2.45, 2.75) is 23.4 Å². The Bertz CT molecular complexity index is 968. The SMILES string of the molecule is Cn1c(SCC(=O)NCC2(c3ccccc3)CC2)nnc1-c1ccc(F)cc1. The number of benzene rings is 2. The molecule has 144 valence electrons. The van der Waals surface area contributed by atoms with E-state index in [9.17, 15) is 9.18 Å². The van der Waals surface area contributed by atoms with Crippen LogP contribution in [0, 0.1) is 5.82 Å². The van der Waals surface area contributed by atoms with Gasteiger partial charge in [0.2, 0.25) is 5.91 Å². The number of thioether (sulfide) groups is 1. The van der Waals surface area contributed by atoms with Crippen LogP contribution in [0.4, 0.5) is 4.39 Å². The largest absolute Gasteiger partial charge is 0.354 e. The molecule has 0 unspecified atom stereocenters. The molecule has 1 fully saturated rings. The third-order valence-electron chi connectivity index (χ3n) is 5.13. The molecule has 4 rings (SSSR count). The number of nitrogens with zero attached hydrogens (tertiary/aromatic N) is 3. The van der Waals surface area contributed by atoms with E-state index in [2.05, 4.69) is 27.6 Å². The molecule has 3 aromatic rings. The molecule has 0 spiro atoms. The Balaban J connectivity index is 1.32. The summed E-state index contributed by atoms with van der Waals surface area (Å²) in [6.45, 7) is 0.663. The molecule has 1 aromatic heterocycles. The van der Waals surface area contributed by atoms with E-state index in [-0.39, 0.29) is 22.9 Å². The van der Waals surface area contributed by atoms with Gasteiger partial charge in [-0.3, -0.25) is 4.79 Å². The molecule has 0 radical (unpaired) electrons. The molecule has 2 aromatic carbocycles. The summed E-state index contributed by atoms with van der Waals surface area (Å²) in [6.07, 6.45) is 2.21. The van der Waals surface area contributed by atoms with Crippen molar-refractivity contribution >= 4 is 17.7 Å². The summed E-state index contributed by atoms with van der Waals surface area (Å²) in [6, 6.07) is 16.5. The van der Waals surface area contributed by atoms with Gasteiger partial charge in [0, 0.05) is 24.6 Å². The highest BCUT2D eigenvalue weighted by Crippen LogP contribution is 2.47. The summed E-state index contributed by atoms with van der Waals surface area (Å²) in [5, 5.41) is 12.0. The predicted octanol–water partition coefficient (Wildman–Crippen LogP) is 3.56. The van der Waals surface area contributed by atoms with E-state index in [0.29, 0.717) is 17.5 Å². The minimum atomic E-state index is -0.291. The van der Waals surface area contributed by atoms with E-state index < -0.39 is 0 Å². The summed E-state index contributed by atoms with van der Waals surface area (Å²) in [4.78, 5) is 12.3. The summed E-state index contributed by atoms with van der Waals surface area (Å²) in [5.41, 5.74) is 2.17. The number of carbonyl (C=O) groups is 1. The monoisotopic (exact) mass is 396 g/mol. The average Bonchev–Trinajstić information content (AvgIpc) is 3.43. The van der Waals surface area contributed by atoms with Gasteiger partial charge in [-0.05, 0) is 42.7 Å². The zero-order valence-electron chi connectivity index (χ0n) is 15.6. The lowest BCUT2D eigenvalue weighted by Crippen LogP contribution is -2.33. The van der Waals surface area contributed by atoms with Crippen molar-refractivity contribution < 1.29 is 9.18 Å². The third-order valence-corrected chi connectivity index (χ3v) is 6.15. The summed E-state index contributed by atoms with van der Waals surface area (Å²) >= 11 is 1.34. The fraction of sp³-hybridized carbons (Fsp3) is 0.286. The van der Waals surface area contributed by atoms with Crippen LogP contribution in [0.1, 0.15) is 18.4 Å². The Labute approximate surface area is 167 Å². The maximum atomic E-state index is 13.1. The molecule has 1 heterocycles. The topological polar surface area (TPSA) is 59.8 Å². The molecule has 0 aliphatic heterocycles. The van der Waals surface area contributed by atoms with Gasteiger partial charge >= 0.3 is 0 Å². The lowest BCUT2D eigenvalue weighted by molar-refractivity contribution is -0.118. The summed E-state index contributed by atoms with van der Waals surface area (Å²) < 4.78 is 14.9. The Morgan fingerprint density at radius 3 is 2.54 bits per heavy atom. The second-order valence-corrected chi connectivity index (χ2v) is 8.03. The smallest absolute Gasteiger partial charge is 0.230 e. The second kappa shape index (κ2) is 7.75. The maximum Gasteiger partial charge on any atom is 0.230 e. The number of amides is 1. The number of rotatable bonds is 7. The van der Waals surface area contributed by atoms with Gasteiger partial charge in [0.25, 0.3) is 0 Å². The molecule has 0 saturated heterocycles. The van der Waals surface area contributed by atoms with Gasteiger partial charge in [-0.1, -0.05) is 42.1 Å². The van der Waals surface area contributed by atoms with Crippen LogP contribution in [0.3, 0.4) is 0 Å². The van der Waals surface area contributed by atoms with Crippen LogP contribution >= 0.6 is 11.8 Å². The van der Waals surface area contributed by atoms with Crippen molar-refractivity contribution in [1.82, 2.24) is 20.1 Å². The van der Waals surface area contributed by atoms with Crippen molar-refractivity contribution in [3.63, 3.8) is 0 Å². The van der Waals surface area contributed by atoms with E-state index in [0.717, 1.165) is 18.4 Å². The lowest BCUT2D eigenvalue weighted by Gasteiger charge is -2.16. The molecular weight excluding hydrogens is 375 g/mol. The highest BCUT2D eigenvalue weighted by molar-refractivity contribution is 7.99. The van der Waals surface area contributed by atoms with Crippen LogP contribution in [0.25, 0.3) is 11.4 Å². The number of hydrogen-bond donors (Lipinski definition) is 1. The van der Waals surface area contributed by atoms with Gasteiger partial charge in [0.15, 0.2) is 11.0 Å². The Hall–Kier alpha value is -2.67. The lowest BCUT2D eigenvalue weighted by atomic mass is 9.96. The normalized spacial score (nSPS) is 14.6. The highest BCUT2D eigenvalue weighted by atomic mass is 32.2. The number of carbonyl (C=O) groups excluding carboxylic acids is 1. The van der Waals surface area contributed by atoms with Crippen molar-refractivity contribution in [2.24, 2.45) is 7.05 Å². The average molecular weight is 396 g/mol. The fourth-order valence-electron chi connectivity index (χ4n) is 3.25. The van der Waals surface area contributed by atoms with Crippen LogP contribution < -0.4 is 5.32 Å². The molecule has 1 saturated carbocycles. The minimum absolute atomic E-state index is 0.0152. The highest BCUT2D eigenvalue weighted by Gasteiger charge is 2.44. The van der Waals surface area contributed by atoms with Gasteiger partial charge < -0.3 is 9.88 Å². The molecule has 0 bridgehead atoms. The molecule has 1 N–H and O–H groups in total. The molecular formula is C21H21FN4OS. The third kappa shape index (κ3) is 3.94. The van der Waals surface area contributed by atoms with Crippen LogP contribution in [0.5, 0.6) is 0 Å². The Morgan fingerprint density at radius 2 is 1.86 bits per heavy atom. The van der Waals surface area contributed by atoms with E-state index in [1.807, 2.05) is 29.8 Å². The van der Waals surface area contributed by atoms with Crippen LogP contribution in [0.15, 0.2) is 59.8 Å². The number of halogens is 1. The fourth-order valence-corrected chi connectivity index (χ4v) is 3.99. The van der Waals surface area contributed by atoms with Gasteiger partial charge in [0.1, 0.15) is 5.82 Å². The number of aromatic nitrogens is 3. The van der Waals surface area contributed by atoms with Crippen LogP contribution in [-0.4, -0.2) is 33.0 Å². The van der Waals surface area contributed by atoms with Gasteiger partial charge in [-0.2, -0.15) is 0 Å². The molecule has 5 nitrogen and oxygen atoms in total. The Kier molecular flexibility index (Phi) is 5.17. The maximum absolute atomic E-state index is 13.1. The van der Waals surface area contributed by atoms with Crippen LogP contribution in [-0.2, 0) is 17.3 Å². The molecule has 0 atom stereocenters. The van der Waals surface area contributed by atoms with E-state index in [1.54, 1.807) is 12.1 Å². The first-order valence-electron chi connectivity index (χ1n) is 9.18.